The van der Waals surface area contributed by atoms with E-state index >= 15 is 0 Å². The summed E-state index contributed by atoms with van der Waals surface area (Å²) in [6, 6.07) is 7.31. The van der Waals surface area contributed by atoms with Crippen molar-refractivity contribution in [1.29, 1.82) is 0 Å². The molecule has 15 heavy (non-hydrogen) atoms. The smallest absolute Gasteiger partial charge is 0.192 e. The van der Waals surface area contributed by atoms with E-state index in [-0.39, 0.29) is 12.7 Å². The molecule has 1 N–H and O–H groups in total. The molecule has 0 bridgehead atoms. The zero-order chi connectivity index (χ0) is 10.9. The van der Waals surface area contributed by atoms with E-state index in [0.717, 1.165) is 5.56 Å². The first-order valence-electron chi connectivity index (χ1n) is 4.83. The first-order chi connectivity index (χ1) is 7.14. The third-order valence-electron chi connectivity index (χ3n) is 2.51. The Bertz CT molecular complexity index is 338. The van der Waals surface area contributed by atoms with Crippen LogP contribution in [0.5, 0.6) is 0 Å². The van der Waals surface area contributed by atoms with E-state index in [4.69, 9.17) is 26.2 Å². The maximum atomic E-state index is 8.96. The van der Waals surface area contributed by atoms with Crippen LogP contribution < -0.4 is 0 Å². The van der Waals surface area contributed by atoms with Gasteiger partial charge in [0.1, 0.15) is 6.10 Å². The van der Waals surface area contributed by atoms with Crippen LogP contribution in [-0.2, 0) is 15.3 Å². The lowest BCUT2D eigenvalue weighted by Crippen LogP contribution is -2.24. The fourth-order valence-corrected chi connectivity index (χ4v) is 1.76. The van der Waals surface area contributed by atoms with Crippen molar-refractivity contribution in [3.8, 4) is 0 Å². The van der Waals surface area contributed by atoms with Crippen molar-refractivity contribution in [2.75, 3.05) is 13.2 Å². The zero-order valence-corrected chi connectivity index (χ0v) is 9.20. The summed E-state index contributed by atoms with van der Waals surface area (Å²) in [5.41, 5.74) is 0.905. The fourth-order valence-electron chi connectivity index (χ4n) is 1.63. The Hall–Kier alpha value is -0.610. The largest absolute Gasteiger partial charge is 0.394 e. The highest BCUT2D eigenvalue weighted by atomic mass is 35.5. The molecule has 1 saturated heterocycles. The molecule has 0 spiro atoms. The van der Waals surface area contributed by atoms with Crippen LogP contribution in [0.15, 0.2) is 24.3 Å². The van der Waals surface area contributed by atoms with Gasteiger partial charge in [0, 0.05) is 10.6 Å². The summed E-state index contributed by atoms with van der Waals surface area (Å²) in [5.74, 6) is -0.766. The maximum absolute atomic E-state index is 8.96. The molecule has 0 amide bonds. The number of aliphatic hydroxyl groups is 1. The van der Waals surface area contributed by atoms with E-state index < -0.39 is 5.79 Å². The highest BCUT2D eigenvalue weighted by molar-refractivity contribution is 6.30. The van der Waals surface area contributed by atoms with Gasteiger partial charge >= 0.3 is 0 Å². The summed E-state index contributed by atoms with van der Waals surface area (Å²) < 4.78 is 11.2. The molecule has 3 nitrogen and oxygen atoms in total. The molecule has 1 aromatic carbocycles. The van der Waals surface area contributed by atoms with Crippen molar-refractivity contribution >= 4 is 11.6 Å². The van der Waals surface area contributed by atoms with E-state index in [1.807, 2.05) is 19.1 Å². The van der Waals surface area contributed by atoms with Crippen LogP contribution in [0.3, 0.4) is 0 Å². The molecule has 0 aliphatic carbocycles. The lowest BCUT2D eigenvalue weighted by Gasteiger charge is -2.23. The Kier molecular flexibility index (Phi) is 2.98. The molecular weight excluding hydrogens is 216 g/mol. The minimum Gasteiger partial charge on any atom is -0.394 e. The second-order valence-electron chi connectivity index (χ2n) is 3.69. The molecule has 1 fully saturated rings. The summed E-state index contributed by atoms with van der Waals surface area (Å²) >= 11 is 5.80. The summed E-state index contributed by atoms with van der Waals surface area (Å²) in [4.78, 5) is 0. The molecule has 1 aliphatic rings. The second kappa shape index (κ2) is 4.10. The van der Waals surface area contributed by atoms with Crippen molar-refractivity contribution in [2.45, 2.75) is 18.8 Å². The van der Waals surface area contributed by atoms with Gasteiger partial charge in [0.05, 0.1) is 13.2 Å². The summed E-state index contributed by atoms with van der Waals surface area (Å²) in [6.45, 7) is 2.23. The molecule has 4 heteroatoms. The van der Waals surface area contributed by atoms with Crippen LogP contribution in [0.1, 0.15) is 12.5 Å². The number of ether oxygens (including phenoxy) is 2. The van der Waals surface area contributed by atoms with Gasteiger partial charge in [0.15, 0.2) is 5.79 Å². The van der Waals surface area contributed by atoms with Gasteiger partial charge in [-0.1, -0.05) is 23.7 Å². The Balaban J connectivity index is 2.20. The minimum atomic E-state index is -0.766. The summed E-state index contributed by atoms with van der Waals surface area (Å²) in [5, 5.41) is 9.64. The van der Waals surface area contributed by atoms with Gasteiger partial charge in [0.25, 0.3) is 0 Å². The average Bonchev–Trinajstić information content (AvgIpc) is 2.62. The number of hydrogen-bond acceptors (Lipinski definition) is 3. The topological polar surface area (TPSA) is 38.7 Å². The third kappa shape index (κ3) is 2.16. The van der Waals surface area contributed by atoms with Gasteiger partial charge in [-0.05, 0) is 19.1 Å². The summed E-state index contributed by atoms with van der Waals surface area (Å²) in [6.07, 6.45) is -0.245. The first kappa shape index (κ1) is 10.9. The molecule has 82 valence electrons. The molecule has 2 atom stereocenters. The molecule has 1 aliphatic heterocycles. The number of hydrogen-bond donors (Lipinski definition) is 1. The van der Waals surface area contributed by atoms with E-state index in [2.05, 4.69) is 0 Å². The normalized spacial score (nSPS) is 30.7. The zero-order valence-electron chi connectivity index (χ0n) is 8.44. The molecule has 1 heterocycles. The highest BCUT2D eigenvalue weighted by Gasteiger charge is 2.38. The van der Waals surface area contributed by atoms with Crippen molar-refractivity contribution in [3.63, 3.8) is 0 Å². The minimum absolute atomic E-state index is 0.0246. The standard InChI is InChI=1S/C11H13ClO3/c1-11(14-7-10(6-13)15-11)8-2-4-9(12)5-3-8/h2-5,10,13H,6-7H2,1H3/t10-,11+/m1/s1. The number of rotatable bonds is 2. The van der Waals surface area contributed by atoms with Crippen molar-refractivity contribution in [2.24, 2.45) is 0 Å². The Morgan fingerprint density at radius 1 is 1.47 bits per heavy atom. The van der Waals surface area contributed by atoms with Crippen molar-refractivity contribution in [3.05, 3.63) is 34.9 Å². The third-order valence-corrected chi connectivity index (χ3v) is 2.76. The van der Waals surface area contributed by atoms with Crippen LogP contribution in [0.2, 0.25) is 5.02 Å². The fraction of sp³-hybridized carbons (Fsp3) is 0.455. The maximum Gasteiger partial charge on any atom is 0.192 e. The molecule has 0 unspecified atom stereocenters. The molecule has 0 aromatic heterocycles. The van der Waals surface area contributed by atoms with Crippen LogP contribution >= 0.6 is 11.6 Å². The lowest BCUT2D eigenvalue weighted by molar-refractivity contribution is -0.165. The molecule has 1 aromatic rings. The van der Waals surface area contributed by atoms with Gasteiger partial charge in [0.2, 0.25) is 0 Å². The first-order valence-corrected chi connectivity index (χ1v) is 5.20. The number of benzene rings is 1. The van der Waals surface area contributed by atoms with Crippen molar-refractivity contribution < 1.29 is 14.6 Å². The lowest BCUT2D eigenvalue weighted by atomic mass is 10.1. The van der Waals surface area contributed by atoms with E-state index in [0.29, 0.717) is 11.6 Å². The van der Waals surface area contributed by atoms with Crippen LogP contribution in [-0.4, -0.2) is 24.4 Å². The molecule has 2 rings (SSSR count). The van der Waals surface area contributed by atoms with E-state index in [1.165, 1.54) is 0 Å². The summed E-state index contributed by atoms with van der Waals surface area (Å²) in [7, 11) is 0. The van der Waals surface area contributed by atoms with E-state index in [9.17, 15) is 0 Å². The van der Waals surface area contributed by atoms with Crippen LogP contribution in [0.25, 0.3) is 0 Å². The monoisotopic (exact) mass is 228 g/mol. The van der Waals surface area contributed by atoms with Gasteiger partial charge in [-0.2, -0.15) is 0 Å². The van der Waals surface area contributed by atoms with Gasteiger partial charge < -0.3 is 14.6 Å². The van der Waals surface area contributed by atoms with Crippen LogP contribution in [0.4, 0.5) is 0 Å². The average molecular weight is 229 g/mol. The number of aliphatic hydroxyl groups excluding tert-OH is 1. The van der Waals surface area contributed by atoms with Gasteiger partial charge in [-0.25, -0.2) is 0 Å². The quantitative estimate of drug-likeness (QED) is 0.841. The van der Waals surface area contributed by atoms with Gasteiger partial charge in [-0.3, -0.25) is 0 Å². The Morgan fingerprint density at radius 2 is 2.13 bits per heavy atom. The number of halogens is 1. The SMILES string of the molecule is C[C@]1(c2ccc(Cl)cc2)OC[C@@H](CO)O1. The molecular formula is C11H13ClO3. The second-order valence-corrected chi connectivity index (χ2v) is 4.12. The molecule has 0 radical (unpaired) electrons. The Morgan fingerprint density at radius 3 is 2.67 bits per heavy atom. The Labute approximate surface area is 93.6 Å². The predicted octanol–water partition coefficient (Wildman–Crippen LogP) is 1.92. The van der Waals surface area contributed by atoms with E-state index in [1.54, 1.807) is 12.1 Å². The highest BCUT2D eigenvalue weighted by Crippen LogP contribution is 2.33. The predicted molar refractivity (Wildman–Crippen MR) is 56.7 cm³/mol. The van der Waals surface area contributed by atoms with Gasteiger partial charge in [-0.15, -0.1) is 0 Å². The van der Waals surface area contributed by atoms with Crippen LogP contribution in [0, 0.1) is 0 Å². The van der Waals surface area contributed by atoms with Crippen molar-refractivity contribution in [1.82, 2.24) is 0 Å². The molecule has 0 saturated carbocycles.